The van der Waals surface area contributed by atoms with Gasteiger partial charge < -0.3 is 15.3 Å². The van der Waals surface area contributed by atoms with Crippen molar-refractivity contribution in [3.8, 4) is 0 Å². The van der Waals surface area contributed by atoms with Gasteiger partial charge in [-0.25, -0.2) is 0 Å². The molecule has 2 N–H and O–H groups in total. The van der Waals surface area contributed by atoms with Crippen LogP contribution in [-0.2, 0) is 9.59 Å². The molecule has 0 saturated carbocycles. The Balaban J connectivity index is 2.61. The van der Waals surface area contributed by atoms with E-state index in [9.17, 15) is 9.59 Å². The van der Waals surface area contributed by atoms with Gasteiger partial charge in [0.15, 0.2) is 0 Å². The lowest BCUT2D eigenvalue weighted by Crippen LogP contribution is -2.58. The van der Waals surface area contributed by atoms with Crippen molar-refractivity contribution in [2.24, 2.45) is 0 Å². The predicted octanol–water partition coefficient (Wildman–Crippen LogP) is -0.330. The molecule has 5 heteroatoms. The molecule has 0 aliphatic carbocycles. The first-order chi connectivity index (χ1) is 6.52. The molecule has 1 saturated heterocycles. The molecule has 1 fully saturated rings. The summed E-state index contributed by atoms with van der Waals surface area (Å²) in [5.74, 6) is -0.825. The third kappa shape index (κ3) is 2.45. The topological polar surface area (TPSA) is 69.6 Å². The summed E-state index contributed by atoms with van der Waals surface area (Å²) < 4.78 is 0. The minimum Gasteiger partial charge on any atom is -0.481 e. The van der Waals surface area contributed by atoms with Crippen LogP contribution in [0.1, 0.15) is 20.3 Å². The number of carboxylic acid groups (broad SMARTS) is 1. The molecule has 1 amide bonds. The van der Waals surface area contributed by atoms with E-state index in [0.29, 0.717) is 13.1 Å². The number of hydrogen-bond donors (Lipinski definition) is 2. The Labute approximate surface area is 83.1 Å². The molecule has 1 aliphatic heterocycles. The van der Waals surface area contributed by atoms with Crippen LogP contribution in [0.5, 0.6) is 0 Å². The number of carbonyl (C=O) groups excluding carboxylic acids is 1. The number of aliphatic carboxylic acids is 1. The van der Waals surface area contributed by atoms with Gasteiger partial charge in [0.25, 0.3) is 0 Å². The zero-order valence-corrected chi connectivity index (χ0v) is 8.49. The highest BCUT2D eigenvalue weighted by Crippen LogP contribution is 2.12. The van der Waals surface area contributed by atoms with Crippen molar-refractivity contribution in [1.29, 1.82) is 0 Å². The van der Waals surface area contributed by atoms with Crippen LogP contribution in [0.15, 0.2) is 0 Å². The Kier molecular flexibility index (Phi) is 3.46. The number of amides is 1. The van der Waals surface area contributed by atoms with Crippen molar-refractivity contribution in [2.45, 2.75) is 32.4 Å². The lowest BCUT2D eigenvalue weighted by atomic mass is 10.0. The molecule has 0 unspecified atom stereocenters. The molecular formula is C9H16N2O3. The molecule has 0 spiro atoms. The second-order valence-corrected chi connectivity index (χ2v) is 3.61. The van der Waals surface area contributed by atoms with Gasteiger partial charge in [0.05, 0.1) is 6.42 Å². The fraction of sp³-hybridized carbons (Fsp3) is 0.778. The van der Waals surface area contributed by atoms with Crippen molar-refractivity contribution in [2.75, 3.05) is 13.1 Å². The number of hydrogen-bond acceptors (Lipinski definition) is 3. The Hall–Kier alpha value is -1.10. The van der Waals surface area contributed by atoms with Crippen molar-refractivity contribution >= 4 is 11.9 Å². The van der Waals surface area contributed by atoms with E-state index in [4.69, 9.17) is 5.11 Å². The first kappa shape index (κ1) is 11.0. The maximum Gasteiger partial charge on any atom is 0.305 e. The first-order valence-electron chi connectivity index (χ1n) is 4.74. The summed E-state index contributed by atoms with van der Waals surface area (Å²) >= 11 is 0. The van der Waals surface area contributed by atoms with Crippen LogP contribution in [-0.4, -0.2) is 47.1 Å². The smallest absolute Gasteiger partial charge is 0.305 e. The molecular weight excluding hydrogens is 184 g/mol. The monoisotopic (exact) mass is 200 g/mol. The van der Waals surface area contributed by atoms with Crippen molar-refractivity contribution in [1.82, 2.24) is 10.2 Å². The number of nitrogens with zero attached hydrogens (tertiary/aromatic N) is 1. The summed E-state index contributed by atoms with van der Waals surface area (Å²) in [6.07, 6.45) is 0.0605. The summed E-state index contributed by atoms with van der Waals surface area (Å²) in [7, 11) is 0. The number of carboxylic acids is 1. The van der Waals surface area contributed by atoms with E-state index < -0.39 is 5.97 Å². The Morgan fingerprint density at radius 2 is 2.21 bits per heavy atom. The predicted molar refractivity (Wildman–Crippen MR) is 50.9 cm³/mol. The zero-order valence-electron chi connectivity index (χ0n) is 8.49. The highest BCUT2D eigenvalue weighted by Gasteiger charge is 2.30. The summed E-state index contributed by atoms with van der Waals surface area (Å²) in [6.45, 7) is 4.72. The molecule has 0 radical (unpaired) electrons. The Morgan fingerprint density at radius 1 is 1.57 bits per heavy atom. The van der Waals surface area contributed by atoms with Gasteiger partial charge in [-0.2, -0.15) is 0 Å². The molecule has 80 valence electrons. The molecule has 0 bridgehead atoms. The van der Waals surface area contributed by atoms with Crippen LogP contribution < -0.4 is 5.32 Å². The maximum absolute atomic E-state index is 11.2. The average molecular weight is 200 g/mol. The van der Waals surface area contributed by atoms with E-state index in [1.54, 1.807) is 4.90 Å². The quantitative estimate of drug-likeness (QED) is 0.640. The fourth-order valence-corrected chi connectivity index (χ4v) is 1.84. The van der Waals surface area contributed by atoms with Crippen LogP contribution in [0.3, 0.4) is 0 Å². The number of carbonyl (C=O) groups is 2. The van der Waals surface area contributed by atoms with Gasteiger partial charge in [-0.05, 0) is 6.92 Å². The van der Waals surface area contributed by atoms with E-state index in [1.165, 1.54) is 6.92 Å². The van der Waals surface area contributed by atoms with Crippen LogP contribution in [0.2, 0.25) is 0 Å². The minimum absolute atomic E-state index is 0.00869. The van der Waals surface area contributed by atoms with E-state index in [-0.39, 0.29) is 24.4 Å². The van der Waals surface area contributed by atoms with Crippen LogP contribution in [0, 0.1) is 0 Å². The van der Waals surface area contributed by atoms with E-state index >= 15 is 0 Å². The number of rotatable bonds is 2. The van der Waals surface area contributed by atoms with Crippen molar-refractivity contribution in [3.05, 3.63) is 0 Å². The van der Waals surface area contributed by atoms with E-state index in [2.05, 4.69) is 5.32 Å². The van der Waals surface area contributed by atoms with Gasteiger partial charge in [-0.3, -0.25) is 9.59 Å². The van der Waals surface area contributed by atoms with Crippen LogP contribution in [0.4, 0.5) is 0 Å². The Bertz CT molecular complexity index is 242. The van der Waals surface area contributed by atoms with Crippen LogP contribution >= 0.6 is 0 Å². The molecule has 2 atom stereocenters. The van der Waals surface area contributed by atoms with Gasteiger partial charge >= 0.3 is 5.97 Å². The van der Waals surface area contributed by atoms with E-state index in [1.807, 2.05) is 6.92 Å². The number of piperazine rings is 1. The summed E-state index contributed by atoms with van der Waals surface area (Å²) in [5, 5.41) is 11.8. The lowest BCUT2D eigenvalue weighted by Gasteiger charge is -2.39. The highest BCUT2D eigenvalue weighted by molar-refractivity contribution is 5.74. The molecule has 14 heavy (non-hydrogen) atoms. The van der Waals surface area contributed by atoms with Gasteiger partial charge in [0.1, 0.15) is 0 Å². The Morgan fingerprint density at radius 3 is 2.71 bits per heavy atom. The average Bonchev–Trinajstić information content (AvgIpc) is 2.07. The van der Waals surface area contributed by atoms with Gasteiger partial charge in [-0.1, -0.05) is 0 Å². The third-order valence-electron chi connectivity index (χ3n) is 2.63. The summed E-state index contributed by atoms with van der Waals surface area (Å²) in [4.78, 5) is 23.4. The first-order valence-corrected chi connectivity index (χ1v) is 4.74. The third-order valence-corrected chi connectivity index (χ3v) is 2.63. The van der Waals surface area contributed by atoms with Crippen LogP contribution in [0.25, 0.3) is 0 Å². The highest BCUT2D eigenvalue weighted by atomic mass is 16.4. The van der Waals surface area contributed by atoms with Crippen molar-refractivity contribution in [3.63, 3.8) is 0 Å². The molecule has 0 aromatic heterocycles. The SMILES string of the molecule is CC(=O)N1CCN[C@H](CC(=O)O)[C@@H]1C. The number of nitrogens with one attached hydrogen (secondary N) is 1. The summed E-state index contributed by atoms with van der Waals surface area (Å²) in [5.41, 5.74) is 0. The fourth-order valence-electron chi connectivity index (χ4n) is 1.84. The van der Waals surface area contributed by atoms with Gasteiger partial charge in [-0.15, -0.1) is 0 Å². The van der Waals surface area contributed by atoms with Crippen molar-refractivity contribution < 1.29 is 14.7 Å². The second-order valence-electron chi connectivity index (χ2n) is 3.61. The molecule has 0 aromatic rings. The lowest BCUT2D eigenvalue weighted by molar-refractivity contribution is -0.140. The maximum atomic E-state index is 11.2. The minimum atomic E-state index is -0.834. The molecule has 0 aromatic carbocycles. The largest absolute Gasteiger partial charge is 0.481 e. The van der Waals surface area contributed by atoms with Gasteiger partial charge in [0, 0.05) is 32.1 Å². The summed E-state index contributed by atoms with van der Waals surface area (Å²) in [6, 6.07) is -0.178. The second kappa shape index (κ2) is 4.41. The molecule has 1 rings (SSSR count). The molecule has 1 aliphatic rings. The van der Waals surface area contributed by atoms with Gasteiger partial charge in [0.2, 0.25) is 5.91 Å². The normalized spacial score (nSPS) is 27.4. The van der Waals surface area contributed by atoms with E-state index in [0.717, 1.165) is 0 Å². The standard InChI is InChI=1S/C9H16N2O3/c1-6-8(5-9(13)14)10-3-4-11(6)7(2)12/h6,8,10H,3-5H2,1-2H3,(H,13,14)/t6-,8+/m0/s1. The molecule has 5 nitrogen and oxygen atoms in total. The molecule has 1 heterocycles. The zero-order chi connectivity index (χ0) is 10.7.